The van der Waals surface area contributed by atoms with Crippen molar-refractivity contribution in [2.75, 3.05) is 12.4 Å². The standard InChI is InChI=1S/C15H20ClNO2/c1-14(2)9-4-10-15(14,13(18)19-3)17-12-7-5-11(16)6-8-12/h5-8,17H,4,9-10H2,1-3H3. The van der Waals surface area contributed by atoms with E-state index in [2.05, 4.69) is 19.2 Å². The van der Waals surface area contributed by atoms with Crippen molar-refractivity contribution >= 4 is 23.3 Å². The average Bonchev–Trinajstić information content (AvgIpc) is 2.67. The summed E-state index contributed by atoms with van der Waals surface area (Å²) in [5, 5.41) is 4.07. The van der Waals surface area contributed by atoms with Gasteiger partial charge >= 0.3 is 5.97 Å². The molecule has 1 aliphatic rings. The molecule has 0 amide bonds. The van der Waals surface area contributed by atoms with E-state index in [0.717, 1.165) is 24.9 Å². The molecule has 2 rings (SSSR count). The van der Waals surface area contributed by atoms with Crippen LogP contribution in [-0.4, -0.2) is 18.6 Å². The van der Waals surface area contributed by atoms with Crippen LogP contribution in [0.15, 0.2) is 24.3 Å². The zero-order valence-corrected chi connectivity index (χ0v) is 12.4. The maximum absolute atomic E-state index is 12.3. The Morgan fingerprint density at radius 3 is 2.37 bits per heavy atom. The molecule has 0 aliphatic heterocycles. The number of methoxy groups -OCH3 is 1. The molecule has 0 heterocycles. The van der Waals surface area contributed by atoms with Gasteiger partial charge in [-0.2, -0.15) is 0 Å². The molecule has 1 aromatic rings. The third-order valence-electron chi connectivity index (χ3n) is 4.24. The van der Waals surface area contributed by atoms with Crippen LogP contribution >= 0.6 is 11.6 Å². The van der Waals surface area contributed by atoms with E-state index in [1.165, 1.54) is 7.11 Å². The van der Waals surface area contributed by atoms with Crippen molar-refractivity contribution in [3.05, 3.63) is 29.3 Å². The van der Waals surface area contributed by atoms with Crippen LogP contribution in [0.4, 0.5) is 5.69 Å². The van der Waals surface area contributed by atoms with Crippen molar-refractivity contribution in [1.82, 2.24) is 0 Å². The van der Waals surface area contributed by atoms with Gasteiger partial charge in [-0.05, 0) is 48.9 Å². The molecule has 1 aromatic carbocycles. The van der Waals surface area contributed by atoms with Crippen molar-refractivity contribution in [2.45, 2.75) is 38.6 Å². The number of nitrogens with one attached hydrogen (secondary N) is 1. The molecule has 1 atom stereocenters. The second-order valence-corrected chi connectivity index (χ2v) is 6.20. The van der Waals surface area contributed by atoms with Gasteiger partial charge in [0.15, 0.2) is 0 Å². The number of carbonyl (C=O) groups is 1. The maximum Gasteiger partial charge on any atom is 0.332 e. The molecule has 4 heteroatoms. The van der Waals surface area contributed by atoms with Gasteiger partial charge in [0.05, 0.1) is 7.11 Å². The number of ether oxygens (including phenoxy) is 1. The highest BCUT2D eigenvalue weighted by atomic mass is 35.5. The molecular weight excluding hydrogens is 262 g/mol. The Bertz CT molecular complexity index is 470. The van der Waals surface area contributed by atoms with Gasteiger partial charge in [0, 0.05) is 10.7 Å². The molecule has 0 aromatic heterocycles. The Hall–Kier alpha value is -1.22. The van der Waals surface area contributed by atoms with Crippen LogP contribution in [0, 0.1) is 5.41 Å². The number of hydrogen-bond donors (Lipinski definition) is 1. The summed E-state index contributed by atoms with van der Waals surface area (Å²) in [4.78, 5) is 12.3. The molecule has 1 unspecified atom stereocenters. The van der Waals surface area contributed by atoms with Gasteiger partial charge in [0.1, 0.15) is 5.54 Å². The van der Waals surface area contributed by atoms with Crippen molar-refractivity contribution in [2.24, 2.45) is 5.41 Å². The second-order valence-electron chi connectivity index (χ2n) is 5.77. The summed E-state index contributed by atoms with van der Waals surface area (Å²) in [6, 6.07) is 7.41. The van der Waals surface area contributed by atoms with E-state index in [1.54, 1.807) is 0 Å². The van der Waals surface area contributed by atoms with E-state index in [4.69, 9.17) is 16.3 Å². The van der Waals surface area contributed by atoms with Crippen molar-refractivity contribution < 1.29 is 9.53 Å². The van der Waals surface area contributed by atoms with Crippen molar-refractivity contribution in [3.8, 4) is 0 Å². The Morgan fingerprint density at radius 2 is 1.89 bits per heavy atom. The van der Waals surface area contributed by atoms with Gasteiger partial charge in [0.2, 0.25) is 0 Å². The lowest BCUT2D eigenvalue weighted by molar-refractivity contribution is -0.149. The highest BCUT2D eigenvalue weighted by Gasteiger charge is 2.55. The molecule has 3 nitrogen and oxygen atoms in total. The lowest BCUT2D eigenvalue weighted by Crippen LogP contribution is -2.54. The largest absolute Gasteiger partial charge is 0.467 e. The lowest BCUT2D eigenvalue weighted by atomic mass is 9.74. The molecule has 1 saturated carbocycles. The normalized spacial score (nSPS) is 25.1. The highest BCUT2D eigenvalue weighted by molar-refractivity contribution is 6.30. The Balaban J connectivity index is 2.34. The number of rotatable bonds is 3. The van der Waals surface area contributed by atoms with Crippen LogP contribution in [0.5, 0.6) is 0 Å². The van der Waals surface area contributed by atoms with Gasteiger partial charge in [-0.1, -0.05) is 25.4 Å². The van der Waals surface area contributed by atoms with Crippen LogP contribution in [0.3, 0.4) is 0 Å². The van der Waals surface area contributed by atoms with E-state index < -0.39 is 5.54 Å². The predicted octanol–water partition coefficient (Wildman–Crippen LogP) is 3.87. The number of benzene rings is 1. The predicted molar refractivity (Wildman–Crippen MR) is 77.5 cm³/mol. The summed E-state index contributed by atoms with van der Waals surface area (Å²) in [6.07, 6.45) is 2.81. The quantitative estimate of drug-likeness (QED) is 0.855. The molecule has 0 bridgehead atoms. The monoisotopic (exact) mass is 281 g/mol. The molecule has 1 aliphatic carbocycles. The fourth-order valence-electron chi connectivity index (χ4n) is 2.96. The third-order valence-corrected chi connectivity index (χ3v) is 4.50. The molecule has 1 fully saturated rings. The summed E-state index contributed by atoms with van der Waals surface area (Å²) in [6.45, 7) is 4.22. The number of carbonyl (C=O) groups excluding carboxylic acids is 1. The maximum atomic E-state index is 12.3. The Kier molecular flexibility index (Phi) is 3.77. The third kappa shape index (κ3) is 2.44. The fourth-order valence-corrected chi connectivity index (χ4v) is 3.09. The number of esters is 1. The van der Waals surface area contributed by atoms with Gasteiger partial charge in [-0.25, -0.2) is 4.79 Å². The fraction of sp³-hybridized carbons (Fsp3) is 0.533. The second kappa shape index (κ2) is 5.04. The molecule has 0 spiro atoms. The first-order valence-electron chi connectivity index (χ1n) is 6.53. The molecule has 19 heavy (non-hydrogen) atoms. The van der Waals surface area contributed by atoms with Crippen molar-refractivity contribution in [3.63, 3.8) is 0 Å². The van der Waals surface area contributed by atoms with E-state index >= 15 is 0 Å². The highest BCUT2D eigenvalue weighted by Crippen LogP contribution is 2.48. The first-order valence-corrected chi connectivity index (χ1v) is 6.91. The van der Waals surface area contributed by atoms with E-state index in [0.29, 0.717) is 5.02 Å². The zero-order chi connectivity index (χ0) is 14.1. The van der Waals surface area contributed by atoms with Crippen LogP contribution in [0.1, 0.15) is 33.1 Å². The van der Waals surface area contributed by atoms with Gasteiger partial charge < -0.3 is 10.1 Å². The summed E-state index contributed by atoms with van der Waals surface area (Å²) in [7, 11) is 1.45. The van der Waals surface area contributed by atoms with Gasteiger partial charge in [-0.15, -0.1) is 0 Å². The van der Waals surface area contributed by atoms with Gasteiger partial charge in [0.25, 0.3) is 0 Å². The average molecular weight is 282 g/mol. The minimum atomic E-state index is -0.657. The van der Waals surface area contributed by atoms with Crippen LogP contribution in [0.2, 0.25) is 5.02 Å². The first-order chi connectivity index (χ1) is 8.91. The molecule has 1 N–H and O–H groups in total. The molecule has 0 radical (unpaired) electrons. The SMILES string of the molecule is COC(=O)C1(Nc2ccc(Cl)cc2)CCCC1(C)C. The first kappa shape index (κ1) is 14.2. The molecule has 0 saturated heterocycles. The van der Waals surface area contributed by atoms with Crippen LogP contribution < -0.4 is 5.32 Å². The topological polar surface area (TPSA) is 38.3 Å². The van der Waals surface area contributed by atoms with E-state index in [-0.39, 0.29) is 11.4 Å². The Labute approximate surface area is 119 Å². The van der Waals surface area contributed by atoms with Crippen LogP contribution in [0.25, 0.3) is 0 Å². The summed E-state index contributed by atoms with van der Waals surface area (Å²) >= 11 is 5.89. The zero-order valence-electron chi connectivity index (χ0n) is 11.6. The van der Waals surface area contributed by atoms with E-state index in [9.17, 15) is 4.79 Å². The minimum absolute atomic E-state index is 0.139. The van der Waals surface area contributed by atoms with Crippen molar-refractivity contribution in [1.29, 1.82) is 0 Å². The lowest BCUT2D eigenvalue weighted by Gasteiger charge is -2.40. The summed E-state index contributed by atoms with van der Waals surface area (Å²) in [5.74, 6) is -0.190. The minimum Gasteiger partial charge on any atom is -0.467 e. The number of anilines is 1. The summed E-state index contributed by atoms with van der Waals surface area (Å²) in [5.41, 5.74) is 0.0970. The summed E-state index contributed by atoms with van der Waals surface area (Å²) < 4.78 is 5.04. The smallest absolute Gasteiger partial charge is 0.332 e. The van der Waals surface area contributed by atoms with Gasteiger partial charge in [-0.3, -0.25) is 0 Å². The number of halogens is 1. The Morgan fingerprint density at radius 1 is 1.26 bits per heavy atom. The molecule has 104 valence electrons. The van der Waals surface area contributed by atoms with Crippen LogP contribution in [-0.2, 0) is 9.53 Å². The van der Waals surface area contributed by atoms with E-state index in [1.807, 2.05) is 24.3 Å². The number of hydrogen-bond acceptors (Lipinski definition) is 3. The molecular formula is C15H20ClNO2.